The van der Waals surface area contributed by atoms with Gasteiger partial charge in [0.15, 0.2) is 0 Å². The first kappa shape index (κ1) is 11.8. The van der Waals surface area contributed by atoms with Crippen LogP contribution in [0.25, 0.3) is 0 Å². The lowest BCUT2D eigenvalue weighted by Gasteiger charge is -2.24. The van der Waals surface area contributed by atoms with Gasteiger partial charge in [0.05, 0.1) is 6.04 Å². The topological polar surface area (TPSA) is 54.0 Å². The fraction of sp³-hybridized carbons (Fsp3) is 0.385. The highest BCUT2D eigenvalue weighted by atomic mass is 16.2. The summed E-state index contributed by atoms with van der Waals surface area (Å²) in [7, 11) is 0. The van der Waals surface area contributed by atoms with Crippen molar-refractivity contribution in [2.45, 2.75) is 25.3 Å². The van der Waals surface area contributed by atoms with Gasteiger partial charge >= 0.3 is 0 Å². The predicted molar refractivity (Wildman–Crippen MR) is 66.2 cm³/mol. The van der Waals surface area contributed by atoms with Gasteiger partial charge in [-0.3, -0.25) is 9.78 Å². The van der Waals surface area contributed by atoms with Crippen LogP contribution in [0.2, 0.25) is 0 Å². The number of allylic oxidation sites excluding steroid dienone is 1. The lowest BCUT2D eigenvalue weighted by molar-refractivity contribution is -0.123. The van der Waals surface area contributed by atoms with Gasteiger partial charge in [-0.1, -0.05) is 12.6 Å². The molecule has 0 saturated carbocycles. The lowest BCUT2D eigenvalue weighted by Crippen LogP contribution is -2.47. The van der Waals surface area contributed by atoms with E-state index < -0.39 is 0 Å². The second-order valence-electron chi connectivity index (χ2n) is 4.25. The monoisotopic (exact) mass is 231 g/mol. The molecule has 2 rings (SSSR count). The first-order valence-corrected chi connectivity index (χ1v) is 5.86. The van der Waals surface area contributed by atoms with Gasteiger partial charge in [-0.05, 0) is 37.4 Å². The van der Waals surface area contributed by atoms with Crippen molar-refractivity contribution < 1.29 is 4.79 Å². The Morgan fingerprint density at radius 2 is 2.47 bits per heavy atom. The van der Waals surface area contributed by atoms with Gasteiger partial charge in [0, 0.05) is 18.1 Å². The summed E-state index contributed by atoms with van der Waals surface area (Å²) in [6.45, 7) is 4.55. The van der Waals surface area contributed by atoms with E-state index >= 15 is 0 Å². The molecule has 1 unspecified atom stereocenters. The fourth-order valence-corrected chi connectivity index (χ4v) is 1.91. The molecule has 2 N–H and O–H groups in total. The van der Waals surface area contributed by atoms with Crippen molar-refractivity contribution in [3.63, 3.8) is 0 Å². The second-order valence-corrected chi connectivity index (χ2v) is 4.25. The van der Waals surface area contributed by atoms with Crippen LogP contribution in [0.3, 0.4) is 0 Å². The molecule has 90 valence electrons. The number of amides is 1. The highest BCUT2D eigenvalue weighted by Gasteiger charge is 2.22. The van der Waals surface area contributed by atoms with Gasteiger partial charge in [-0.2, -0.15) is 0 Å². The molecule has 1 aromatic heterocycles. The van der Waals surface area contributed by atoms with Gasteiger partial charge in [0.2, 0.25) is 5.91 Å². The van der Waals surface area contributed by atoms with Gasteiger partial charge in [0.1, 0.15) is 0 Å². The molecular formula is C13H17N3O. The molecule has 1 aliphatic heterocycles. The largest absolute Gasteiger partial charge is 0.329 e. The summed E-state index contributed by atoms with van der Waals surface area (Å²) in [5, 5.41) is 6.03. The Balaban J connectivity index is 1.75. The summed E-state index contributed by atoms with van der Waals surface area (Å²) in [6, 6.07) is 3.88. The van der Waals surface area contributed by atoms with Crippen molar-refractivity contribution >= 4 is 5.91 Å². The molecule has 0 bridgehead atoms. The van der Waals surface area contributed by atoms with E-state index in [-0.39, 0.29) is 11.9 Å². The third-order valence-electron chi connectivity index (χ3n) is 2.88. The minimum atomic E-state index is -0.0860. The minimum Gasteiger partial charge on any atom is -0.329 e. The number of aromatic nitrogens is 1. The van der Waals surface area contributed by atoms with Crippen molar-refractivity contribution in [1.29, 1.82) is 0 Å². The van der Waals surface area contributed by atoms with Crippen LogP contribution < -0.4 is 10.6 Å². The molecule has 17 heavy (non-hydrogen) atoms. The van der Waals surface area contributed by atoms with Crippen LogP contribution in [0, 0.1) is 0 Å². The number of nitrogens with zero attached hydrogens (tertiary/aromatic N) is 1. The average Bonchev–Trinajstić information content (AvgIpc) is 2.33. The number of piperidine rings is 1. The maximum absolute atomic E-state index is 11.6. The number of carbonyl (C=O) groups excluding carboxylic acids is 1. The zero-order valence-corrected chi connectivity index (χ0v) is 9.78. The van der Waals surface area contributed by atoms with Crippen LogP contribution in [0.1, 0.15) is 18.4 Å². The van der Waals surface area contributed by atoms with Crippen LogP contribution in [-0.2, 0) is 11.2 Å². The molecule has 0 radical (unpaired) electrons. The maximum atomic E-state index is 11.6. The van der Waals surface area contributed by atoms with Crippen molar-refractivity contribution in [1.82, 2.24) is 15.6 Å². The van der Waals surface area contributed by atoms with E-state index in [9.17, 15) is 4.79 Å². The number of pyridine rings is 1. The molecule has 1 saturated heterocycles. The predicted octanol–water partition coefficient (Wildman–Crippen LogP) is 1.01. The van der Waals surface area contributed by atoms with E-state index in [1.54, 1.807) is 6.20 Å². The third kappa shape index (κ3) is 3.39. The Kier molecular flexibility index (Phi) is 3.88. The van der Waals surface area contributed by atoms with Crippen LogP contribution in [0.5, 0.6) is 0 Å². The SMILES string of the molecule is C=C1CCC(NCCc2cccnc2)C(=O)N1. The highest BCUT2D eigenvalue weighted by Crippen LogP contribution is 2.10. The summed E-state index contributed by atoms with van der Waals surface area (Å²) >= 11 is 0. The number of carbonyl (C=O) groups is 1. The normalized spacial score (nSPS) is 20.1. The van der Waals surface area contributed by atoms with Crippen molar-refractivity contribution in [3.8, 4) is 0 Å². The third-order valence-corrected chi connectivity index (χ3v) is 2.88. The summed E-state index contributed by atoms with van der Waals surface area (Å²) in [5.74, 6) is 0.0347. The molecule has 1 amide bonds. The second kappa shape index (κ2) is 5.59. The molecule has 1 aliphatic rings. The van der Waals surface area contributed by atoms with Gasteiger partial charge < -0.3 is 10.6 Å². The van der Waals surface area contributed by atoms with Crippen molar-refractivity contribution in [2.75, 3.05) is 6.54 Å². The Morgan fingerprint density at radius 3 is 3.18 bits per heavy atom. The van der Waals surface area contributed by atoms with E-state index in [1.807, 2.05) is 18.3 Å². The lowest BCUT2D eigenvalue weighted by atomic mass is 10.0. The van der Waals surface area contributed by atoms with Gasteiger partial charge in [0.25, 0.3) is 0 Å². The minimum absolute atomic E-state index is 0.0347. The van der Waals surface area contributed by atoms with Gasteiger partial charge in [-0.25, -0.2) is 0 Å². The fourth-order valence-electron chi connectivity index (χ4n) is 1.91. The summed E-state index contributed by atoms with van der Waals surface area (Å²) in [6.07, 6.45) is 6.19. The van der Waals surface area contributed by atoms with E-state index in [0.717, 1.165) is 31.5 Å². The van der Waals surface area contributed by atoms with Gasteiger partial charge in [-0.15, -0.1) is 0 Å². The summed E-state index contributed by atoms with van der Waals surface area (Å²) in [4.78, 5) is 15.7. The Morgan fingerprint density at radius 1 is 1.59 bits per heavy atom. The van der Waals surface area contributed by atoms with Crippen molar-refractivity contribution in [2.24, 2.45) is 0 Å². The van der Waals surface area contributed by atoms with Crippen LogP contribution >= 0.6 is 0 Å². The first-order chi connectivity index (χ1) is 8.25. The van der Waals surface area contributed by atoms with E-state index in [1.165, 1.54) is 5.56 Å². The molecule has 1 atom stereocenters. The molecule has 0 spiro atoms. The first-order valence-electron chi connectivity index (χ1n) is 5.86. The number of nitrogens with one attached hydrogen (secondary N) is 2. The number of hydrogen-bond donors (Lipinski definition) is 2. The van der Waals surface area contributed by atoms with Crippen LogP contribution in [-0.4, -0.2) is 23.5 Å². The van der Waals surface area contributed by atoms with E-state index in [2.05, 4.69) is 22.2 Å². The maximum Gasteiger partial charge on any atom is 0.241 e. The smallest absolute Gasteiger partial charge is 0.241 e. The zero-order chi connectivity index (χ0) is 12.1. The molecular weight excluding hydrogens is 214 g/mol. The molecule has 4 nitrogen and oxygen atoms in total. The average molecular weight is 231 g/mol. The summed E-state index contributed by atoms with van der Waals surface area (Å²) < 4.78 is 0. The standard InChI is InChI=1S/C13H17N3O/c1-10-4-5-12(13(17)16-10)15-8-6-11-3-2-7-14-9-11/h2-3,7,9,12,15H,1,4-6,8H2,(H,16,17). The number of rotatable bonds is 4. The molecule has 1 aromatic rings. The van der Waals surface area contributed by atoms with Crippen molar-refractivity contribution in [3.05, 3.63) is 42.4 Å². The zero-order valence-electron chi connectivity index (χ0n) is 9.78. The highest BCUT2D eigenvalue weighted by molar-refractivity contribution is 5.84. The Labute approximate surface area is 101 Å². The van der Waals surface area contributed by atoms with Crippen LogP contribution in [0.4, 0.5) is 0 Å². The van der Waals surface area contributed by atoms with Crippen LogP contribution in [0.15, 0.2) is 36.8 Å². The molecule has 2 heterocycles. The molecule has 1 fully saturated rings. The summed E-state index contributed by atoms with van der Waals surface area (Å²) in [5.41, 5.74) is 2.00. The Hall–Kier alpha value is -1.68. The van der Waals surface area contributed by atoms with E-state index in [4.69, 9.17) is 0 Å². The molecule has 0 aliphatic carbocycles. The van der Waals surface area contributed by atoms with E-state index in [0.29, 0.717) is 0 Å². The number of hydrogen-bond acceptors (Lipinski definition) is 3. The quantitative estimate of drug-likeness (QED) is 0.813. The molecule has 4 heteroatoms. The molecule has 0 aromatic carbocycles. The Bertz CT molecular complexity index is 402.